The number of ether oxygens (including phenoxy) is 1. The Labute approximate surface area is 87.3 Å². The van der Waals surface area contributed by atoms with Gasteiger partial charge < -0.3 is 10.5 Å². The molecule has 0 aliphatic heterocycles. The van der Waals surface area contributed by atoms with Crippen LogP contribution in [0.2, 0.25) is 0 Å². The molecule has 1 rings (SSSR count). The number of carbonyl (C=O) groups is 1. The SMILES string of the molecule is N#Cc1cc(C=O)c(N)nc1OC(F)(F)F. The minimum Gasteiger partial charge on any atom is -0.386 e. The van der Waals surface area contributed by atoms with Crippen molar-refractivity contribution < 1.29 is 22.7 Å². The van der Waals surface area contributed by atoms with Gasteiger partial charge in [-0.3, -0.25) is 4.79 Å². The van der Waals surface area contributed by atoms with Gasteiger partial charge in [-0.2, -0.15) is 10.2 Å². The van der Waals surface area contributed by atoms with E-state index in [1.807, 2.05) is 0 Å². The van der Waals surface area contributed by atoms with E-state index in [9.17, 15) is 18.0 Å². The summed E-state index contributed by atoms with van der Waals surface area (Å²) in [4.78, 5) is 13.6. The normalized spacial score (nSPS) is 10.6. The standard InChI is InChI=1S/C8H4F3N3O2/c9-8(10,11)16-7-4(2-12)1-5(3-15)6(13)14-7/h1,3H,(H2,13,14). The molecule has 0 saturated carbocycles. The van der Waals surface area contributed by atoms with Crippen LogP contribution in [0.4, 0.5) is 19.0 Å². The molecular weight excluding hydrogens is 227 g/mol. The van der Waals surface area contributed by atoms with Crippen LogP contribution < -0.4 is 10.5 Å². The lowest BCUT2D eigenvalue weighted by Gasteiger charge is -2.10. The first kappa shape index (κ1) is 11.8. The maximum Gasteiger partial charge on any atom is 0.574 e. The summed E-state index contributed by atoms with van der Waals surface area (Å²) in [6, 6.07) is 2.29. The van der Waals surface area contributed by atoms with Crippen molar-refractivity contribution in [1.82, 2.24) is 4.98 Å². The zero-order valence-electron chi connectivity index (χ0n) is 7.58. The number of hydrogen-bond acceptors (Lipinski definition) is 5. The van der Waals surface area contributed by atoms with Crippen LogP contribution >= 0.6 is 0 Å². The van der Waals surface area contributed by atoms with Crippen molar-refractivity contribution in [1.29, 1.82) is 5.26 Å². The number of carbonyl (C=O) groups excluding carboxylic acids is 1. The van der Waals surface area contributed by atoms with Crippen LogP contribution in [-0.4, -0.2) is 17.6 Å². The molecule has 0 spiro atoms. The Morgan fingerprint density at radius 2 is 2.19 bits per heavy atom. The second-order valence-electron chi connectivity index (χ2n) is 2.59. The molecule has 0 amide bonds. The van der Waals surface area contributed by atoms with Gasteiger partial charge in [-0.25, -0.2) is 0 Å². The van der Waals surface area contributed by atoms with E-state index < -0.39 is 23.6 Å². The third-order valence-electron chi connectivity index (χ3n) is 1.51. The van der Waals surface area contributed by atoms with Gasteiger partial charge in [0.2, 0.25) is 5.88 Å². The summed E-state index contributed by atoms with van der Waals surface area (Å²) >= 11 is 0. The highest BCUT2D eigenvalue weighted by molar-refractivity contribution is 5.82. The van der Waals surface area contributed by atoms with E-state index in [1.165, 1.54) is 6.07 Å². The fourth-order valence-corrected chi connectivity index (χ4v) is 0.887. The smallest absolute Gasteiger partial charge is 0.386 e. The number of nitrogens with zero attached hydrogens (tertiary/aromatic N) is 2. The molecule has 2 N–H and O–H groups in total. The monoisotopic (exact) mass is 231 g/mol. The molecule has 0 fully saturated rings. The number of halogens is 3. The van der Waals surface area contributed by atoms with E-state index in [0.717, 1.165) is 6.07 Å². The van der Waals surface area contributed by atoms with E-state index in [1.54, 1.807) is 0 Å². The Morgan fingerprint density at radius 3 is 2.62 bits per heavy atom. The first-order valence-corrected chi connectivity index (χ1v) is 3.79. The lowest BCUT2D eigenvalue weighted by Crippen LogP contribution is -2.19. The Balaban J connectivity index is 3.25. The first-order valence-electron chi connectivity index (χ1n) is 3.79. The van der Waals surface area contributed by atoms with Crippen LogP contribution in [0.15, 0.2) is 6.07 Å². The minimum atomic E-state index is -4.98. The maximum atomic E-state index is 11.9. The summed E-state index contributed by atoms with van der Waals surface area (Å²) in [5, 5.41) is 8.53. The van der Waals surface area contributed by atoms with Gasteiger partial charge in [0.15, 0.2) is 6.29 Å². The molecule has 0 bridgehead atoms. The number of nitrogen functional groups attached to an aromatic ring is 1. The van der Waals surface area contributed by atoms with Crippen LogP contribution in [0.5, 0.6) is 5.88 Å². The lowest BCUT2D eigenvalue weighted by molar-refractivity contribution is -0.276. The maximum absolute atomic E-state index is 11.9. The number of nitriles is 1. The average molecular weight is 231 g/mol. The predicted octanol–water partition coefficient (Wildman–Crippen LogP) is 1.25. The molecule has 1 aromatic rings. The molecule has 0 radical (unpaired) electrons. The van der Waals surface area contributed by atoms with E-state index in [2.05, 4.69) is 9.72 Å². The van der Waals surface area contributed by atoms with Gasteiger partial charge in [-0.1, -0.05) is 0 Å². The zero-order valence-corrected chi connectivity index (χ0v) is 7.58. The summed E-state index contributed by atoms with van der Waals surface area (Å²) < 4.78 is 39.1. The molecule has 0 saturated heterocycles. The van der Waals surface area contributed by atoms with Crippen molar-refractivity contribution in [2.24, 2.45) is 0 Å². The molecular formula is C8H4F3N3O2. The summed E-state index contributed by atoms with van der Waals surface area (Å²) in [5.74, 6) is -1.41. The first-order chi connectivity index (χ1) is 7.37. The van der Waals surface area contributed by atoms with Crippen LogP contribution in [0.1, 0.15) is 15.9 Å². The van der Waals surface area contributed by atoms with Gasteiger partial charge in [0, 0.05) is 0 Å². The molecule has 84 valence electrons. The number of nitrogens with two attached hydrogens (primary N) is 1. The summed E-state index contributed by atoms with van der Waals surface area (Å²) in [7, 11) is 0. The minimum absolute atomic E-state index is 0.175. The average Bonchev–Trinajstić information content (AvgIpc) is 2.16. The second kappa shape index (κ2) is 4.06. The van der Waals surface area contributed by atoms with Crippen molar-refractivity contribution in [3.05, 3.63) is 17.2 Å². The van der Waals surface area contributed by atoms with E-state index in [0.29, 0.717) is 0 Å². The highest BCUT2D eigenvalue weighted by Gasteiger charge is 2.33. The van der Waals surface area contributed by atoms with Crippen LogP contribution in [0, 0.1) is 11.3 Å². The van der Waals surface area contributed by atoms with Crippen LogP contribution in [0.25, 0.3) is 0 Å². The van der Waals surface area contributed by atoms with Gasteiger partial charge in [-0.15, -0.1) is 13.2 Å². The predicted molar refractivity (Wildman–Crippen MR) is 45.4 cm³/mol. The third kappa shape index (κ3) is 2.60. The number of aldehydes is 1. The topological polar surface area (TPSA) is 89.0 Å². The summed E-state index contributed by atoms with van der Waals surface area (Å²) in [6.45, 7) is 0. The number of aromatic nitrogens is 1. The lowest BCUT2D eigenvalue weighted by atomic mass is 10.2. The van der Waals surface area contributed by atoms with Crippen molar-refractivity contribution >= 4 is 12.1 Å². The van der Waals surface area contributed by atoms with Gasteiger partial charge >= 0.3 is 6.36 Å². The molecule has 1 aromatic heterocycles. The Kier molecular flexibility index (Phi) is 2.99. The molecule has 1 heterocycles. The summed E-state index contributed by atoms with van der Waals surface area (Å²) in [5.41, 5.74) is 4.48. The Morgan fingerprint density at radius 1 is 1.56 bits per heavy atom. The largest absolute Gasteiger partial charge is 0.574 e. The van der Waals surface area contributed by atoms with Crippen molar-refractivity contribution in [2.75, 3.05) is 5.73 Å². The van der Waals surface area contributed by atoms with E-state index >= 15 is 0 Å². The number of rotatable bonds is 2. The highest BCUT2D eigenvalue weighted by atomic mass is 19.4. The molecule has 0 aromatic carbocycles. The molecule has 16 heavy (non-hydrogen) atoms. The molecule has 0 aliphatic carbocycles. The van der Waals surface area contributed by atoms with Crippen LogP contribution in [-0.2, 0) is 0 Å². The number of anilines is 1. The van der Waals surface area contributed by atoms with Crippen LogP contribution in [0.3, 0.4) is 0 Å². The van der Waals surface area contributed by atoms with Gasteiger partial charge in [0.1, 0.15) is 17.5 Å². The number of hydrogen-bond donors (Lipinski definition) is 1. The molecule has 0 unspecified atom stereocenters. The Bertz CT molecular complexity index is 465. The van der Waals surface area contributed by atoms with E-state index in [4.69, 9.17) is 11.0 Å². The van der Waals surface area contributed by atoms with Gasteiger partial charge in [0.25, 0.3) is 0 Å². The molecule has 0 atom stereocenters. The molecule has 5 nitrogen and oxygen atoms in total. The van der Waals surface area contributed by atoms with Gasteiger partial charge in [0.05, 0.1) is 5.56 Å². The fraction of sp³-hybridized carbons (Fsp3) is 0.125. The quantitative estimate of drug-likeness (QED) is 0.773. The molecule has 0 aliphatic rings. The number of pyridine rings is 1. The van der Waals surface area contributed by atoms with Crippen molar-refractivity contribution in [3.8, 4) is 11.9 Å². The summed E-state index contributed by atoms with van der Waals surface area (Å²) in [6.07, 6.45) is -4.70. The second-order valence-corrected chi connectivity index (χ2v) is 2.59. The zero-order chi connectivity index (χ0) is 12.3. The van der Waals surface area contributed by atoms with E-state index in [-0.39, 0.29) is 11.8 Å². The van der Waals surface area contributed by atoms with Crippen molar-refractivity contribution in [2.45, 2.75) is 6.36 Å². The van der Waals surface area contributed by atoms with Gasteiger partial charge in [-0.05, 0) is 6.07 Å². The number of alkyl halides is 3. The third-order valence-corrected chi connectivity index (χ3v) is 1.51. The molecule has 8 heteroatoms. The fourth-order valence-electron chi connectivity index (χ4n) is 0.887. The van der Waals surface area contributed by atoms with Crippen molar-refractivity contribution in [3.63, 3.8) is 0 Å². The highest BCUT2D eigenvalue weighted by Crippen LogP contribution is 2.26. The Hall–Kier alpha value is -2.30.